The first-order chi connectivity index (χ1) is 8.45. The molecule has 3 N–H and O–H groups in total. The Hall–Kier alpha value is -1.09. The van der Waals surface area contributed by atoms with Crippen LogP contribution in [0, 0.1) is 6.92 Å². The third-order valence-electron chi connectivity index (χ3n) is 2.94. The topological polar surface area (TPSA) is 105 Å². The summed E-state index contributed by atoms with van der Waals surface area (Å²) in [6.45, 7) is 1.18. The zero-order chi connectivity index (χ0) is 13.4. The van der Waals surface area contributed by atoms with Crippen molar-refractivity contribution >= 4 is 12.6 Å². The molecule has 18 heavy (non-hydrogen) atoms. The standard InChI is InChI=1S/C10H14N2O5S/c1-4-2-12(10(16)11-8(4)15)9-7(18)6(14)5(3-13)17-9/h2,5-7,9,13-14,18H,3H2,1H3,(H,11,15,16)/t5-,6?,7?,9-/m1/s1. The van der Waals surface area contributed by atoms with Crippen LogP contribution in [0.4, 0.5) is 0 Å². The molecule has 4 atom stereocenters. The molecule has 0 radical (unpaired) electrons. The number of nitrogens with one attached hydrogen (secondary N) is 1. The number of aliphatic hydroxyl groups excluding tert-OH is 2. The predicted octanol–water partition coefficient (Wildman–Crippen LogP) is -1.61. The Morgan fingerprint density at radius 2 is 2.22 bits per heavy atom. The van der Waals surface area contributed by atoms with Gasteiger partial charge in [0, 0.05) is 11.8 Å². The van der Waals surface area contributed by atoms with Crippen molar-refractivity contribution in [3.63, 3.8) is 0 Å². The zero-order valence-electron chi connectivity index (χ0n) is 9.61. The van der Waals surface area contributed by atoms with Crippen LogP contribution in [0.3, 0.4) is 0 Å². The molecule has 0 aromatic carbocycles. The van der Waals surface area contributed by atoms with E-state index in [2.05, 4.69) is 17.6 Å². The van der Waals surface area contributed by atoms with E-state index in [1.807, 2.05) is 0 Å². The quantitative estimate of drug-likeness (QED) is 0.486. The average molecular weight is 274 g/mol. The van der Waals surface area contributed by atoms with Gasteiger partial charge in [0.1, 0.15) is 6.10 Å². The van der Waals surface area contributed by atoms with E-state index in [9.17, 15) is 14.7 Å². The van der Waals surface area contributed by atoms with Crippen molar-refractivity contribution in [3.05, 3.63) is 32.6 Å². The number of aliphatic hydroxyl groups is 2. The van der Waals surface area contributed by atoms with Crippen LogP contribution >= 0.6 is 12.6 Å². The zero-order valence-corrected chi connectivity index (χ0v) is 10.5. The van der Waals surface area contributed by atoms with Crippen LogP contribution in [0.15, 0.2) is 15.8 Å². The van der Waals surface area contributed by atoms with Gasteiger partial charge in [0.2, 0.25) is 0 Å². The molecular formula is C10H14N2O5S. The second-order valence-corrected chi connectivity index (χ2v) is 4.80. The Bertz CT molecular complexity index is 554. The Morgan fingerprint density at radius 3 is 2.78 bits per heavy atom. The maximum atomic E-state index is 11.7. The fourth-order valence-corrected chi connectivity index (χ4v) is 2.29. The highest BCUT2D eigenvalue weighted by molar-refractivity contribution is 7.81. The second kappa shape index (κ2) is 4.88. The normalized spacial score (nSPS) is 31.8. The Labute approximate surface area is 107 Å². The van der Waals surface area contributed by atoms with Crippen molar-refractivity contribution in [1.82, 2.24) is 9.55 Å². The summed E-state index contributed by atoms with van der Waals surface area (Å²) in [5.41, 5.74) is -0.759. The van der Waals surface area contributed by atoms with Gasteiger partial charge < -0.3 is 14.9 Å². The molecule has 100 valence electrons. The summed E-state index contributed by atoms with van der Waals surface area (Å²) in [7, 11) is 0. The Kier molecular flexibility index (Phi) is 3.62. The van der Waals surface area contributed by atoms with E-state index in [0.29, 0.717) is 5.56 Å². The number of aryl methyl sites for hydroxylation is 1. The number of H-pyrrole nitrogens is 1. The van der Waals surface area contributed by atoms with Crippen LogP contribution in [0.1, 0.15) is 11.8 Å². The number of aromatic amines is 1. The third-order valence-corrected chi connectivity index (χ3v) is 3.50. The van der Waals surface area contributed by atoms with Crippen molar-refractivity contribution in [2.75, 3.05) is 6.61 Å². The summed E-state index contributed by atoms with van der Waals surface area (Å²) in [6.07, 6.45) is -1.26. The van der Waals surface area contributed by atoms with Crippen LogP contribution in [-0.2, 0) is 4.74 Å². The molecule has 8 heteroatoms. The van der Waals surface area contributed by atoms with Crippen LogP contribution in [0.2, 0.25) is 0 Å². The molecule has 2 heterocycles. The van der Waals surface area contributed by atoms with Gasteiger partial charge in [-0.3, -0.25) is 14.3 Å². The average Bonchev–Trinajstić information content (AvgIpc) is 2.61. The van der Waals surface area contributed by atoms with E-state index in [1.54, 1.807) is 6.92 Å². The van der Waals surface area contributed by atoms with Gasteiger partial charge >= 0.3 is 5.69 Å². The van der Waals surface area contributed by atoms with Gasteiger partial charge in [-0.05, 0) is 6.92 Å². The number of rotatable bonds is 2. The van der Waals surface area contributed by atoms with E-state index in [0.717, 1.165) is 4.57 Å². The lowest BCUT2D eigenvalue weighted by atomic mass is 10.2. The Morgan fingerprint density at radius 1 is 1.56 bits per heavy atom. The molecule has 1 fully saturated rings. The highest BCUT2D eigenvalue weighted by Crippen LogP contribution is 2.31. The lowest BCUT2D eigenvalue weighted by molar-refractivity contribution is -0.0457. The summed E-state index contributed by atoms with van der Waals surface area (Å²) in [5, 5.41) is 18.1. The van der Waals surface area contributed by atoms with Crippen molar-refractivity contribution in [2.45, 2.75) is 30.6 Å². The van der Waals surface area contributed by atoms with Crippen molar-refractivity contribution in [1.29, 1.82) is 0 Å². The molecule has 1 aliphatic rings. The minimum atomic E-state index is -0.984. The first kappa shape index (κ1) is 13.3. The summed E-state index contributed by atoms with van der Waals surface area (Å²) in [6, 6.07) is 0. The number of hydrogen-bond acceptors (Lipinski definition) is 6. The summed E-state index contributed by atoms with van der Waals surface area (Å²) < 4.78 is 6.52. The fourth-order valence-electron chi connectivity index (χ4n) is 1.88. The number of thiol groups is 1. The molecule has 2 unspecified atom stereocenters. The van der Waals surface area contributed by atoms with Crippen LogP contribution < -0.4 is 11.2 Å². The van der Waals surface area contributed by atoms with Gasteiger partial charge in [0.05, 0.1) is 18.0 Å². The number of hydrogen-bond donors (Lipinski definition) is 4. The summed E-state index contributed by atoms with van der Waals surface area (Å²) in [5.74, 6) is 0. The molecule has 0 saturated carbocycles. The molecule has 0 amide bonds. The lowest BCUT2D eigenvalue weighted by Crippen LogP contribution is -2.36. The molecular weight excluding hydrogens is 260 g/mol. The molecule has 7 nitrogen and oxygen atoms in total. The van der Waals surface area contributed by atoms with Gasteiger partial charge in [-0.15, -0.1) is 0 Å². The van der Waals surface area contributed by atoms with E-state index in [4.69, 9.17) is 9.84 Å². The first-order valence-corrected chi connectivity index (χ1v) is 5.92. The minimum Gasteiger partial charge on any atom is -0.394 e. The first-order valence-electron chi connectivity index (χ1n) is 5.40. The van der Waals surface area contributed by atoms with E-state index in [-0.39, 0.29) is 6.61 Å². The number of ether oxygens (including phenoxy) is 1. The highest BCUT2D eigenvalue weighted by atomic mass is 32.1. The van der Waals surface area contributed by atoms with Gasteiger partial charge in [-0.2, -0.15) is 12.6 Å². The molecule has 1 aromatic rings. The molecule has 1 saturated heterocycles. The second-order valence-electron chi connectivity index (χ2n) is 4.21. The molecule has 1 aliphatic heterocycles. The SMILES string of the molecule is Cc1cn([C@@H]2O[C@H](CO)C(O)C2S)c(=O)[nH]c1=O. The van der Waals surface area contributed by atoms with E-state index in [1.165, 1.54) is 6.20 Å². The Balaban J connectivity index is 2.42. The van der Waals surface area contributed by atoms with Crippen LogP contribution in [-0.4, -0.2) is 43.8 Å². The van der Waals surface area contributed by atoms with Crippen molar-refractivity contribution in [2.24, 2.45) is 0 Å². The molecule has 2 rings (SSSR count). The van der Waals surface area contributed by atoms with E-state index >= 15 is 0 Å². The predicted molar refractivity (Wildman–Crippen MR) is 65.8 cm³/mol. The summed E-state index contributed by atoms with van der Waals surface area (Å²) >= 11 is 4.18. The van der Waals surface area contributed by atoms with Crippen LogP contribution in [0.5, 0.6) is 0 Å². The van der Waals surface area contributed by atoms with Crippen molar-refractivity contribution in [3.8, 4) is 0 Å². The highest BCUT2D eigenvalue weighted by Gasteiger charge is 2.42. The molecule has 0 spiro atoms. The smallest absolute Gasteiger partial charge is 0.330 e. The van der Waals surface area contributed by atoms with Gasteiger partial charge in [0.15, 0.2) is 6.23 Å². The van der Waals surface area contributed by atoms with Gasteiger partial charge in [-0.25, -0.2) is 4.79 Å². The maximum Gasteiger partial charge on any atom is 0.330 e. The lowest BCUT2D eigenvalue weighted by Gasteiger charge is -2.17. The molecule has 0 aliphatic carbocycles. The summed E-state index contributed by atoms with van der Waals surface area (Å²) in [4.78, 5) is 25.1. The minimum absolute atomic E-state index is 0.348. The maximum absolute atomic E-state index is 11.7. The number of nitrogens with zero attached hydrogens (tertiary/aromatic N) is 1. The third kappa shape index (κ3) is 2.12. The van der Waals surface area contributed by atoms with Gasteiger partial charge in [-0.1, -0.05) is 0 Å². The van der Waals surface area contributed by atoms with Gasteiger partial charge in [0.25, 0.3) is 5.56 Å². The fraction of sp³-hybridized carbons (Fsp3) is 0.600. The molecule has 1 aromatic heterocycles. The monoisotopic (exact) mass is 274 g/mol. The number of aromatic nitrogens is 2. The molecule has 0 bridgehead atoms. The largest absolute Gasteiger partial charge is 0.394 e. The van der Waals surface area contributed by atoms with Crippen molar-refractivity contribution < 1.29 is 14.9 Å². The van der Waals surface area contributed by atoms with E-state index < -0.39 is 34.9 Å². The van der Waals surface area contributed by atoms with Crippen LogP contribution in [0.25, 0.3) is 0 Å².